The monoisotopic (exact) mass is 281 g/mol. The molecule has 1 fully saturated rings. The van der Waals surface area contributed by atoms with Crippen LogP contribution in [0.4, 0.5) is 4.39 Å². The minimum atomic E-state index is -0.603. The third-order valence-electron chi connectivity index (χ3n) is 4.19. The van der Waals surface area contributed by atoms with Gasteiger partial charge in [-0.05, 0) is 49.9 Å². The van der Waals surface area contributed by atoms with Crippen molar-refractivity contribution in [3.05, 3.63) is 35.1 Å². The van der Waals surface area contributed by atoms with Crippen molar-refractivity contribution < 1.29 is 14.6 Å². The highest BCUT2D eigenvalue weighted by atomic mass is 19.1. The van der Waals surface area contributed by atoms with Crippen LogP contribution in [0.25, 0.3) is 0 Å². The zero-order valence-corrected chi connectivity index (χ0v) is 12.1. The molecule has 2 atom stereocenters. The van der Waals surface area contributed by atoms with Gasteiger partial charge in [0, 0.05) is 19.2 Å². The van der Waals surface area contributed by atoms with Gasteiger partial charge in [-0.25, -0.2) is 4.39 Å². The normalized spacial score (nSPS) is 21.9. The Morgan fingerprint density at radius 2 is 2.20 bits per heavy atom. The van der Waals surface area contributed by atoms with Gasteiger partial charge in [0.25, 0.3) is 0 Å². The van der Waals surface area contributed by atoms with Crippen LogP contribution in [-0.2, 0) is 0 Å². The summed E-state index contributed by atoms with van der Waals surface area (Å²) in [7, 11) is 0. The van der Waals surface area contributed by atoms with Crippen molar-refractivity contribution >= 4 is 0 Å². The van der Waals surface area contributed by atoms with Crippen molar-refractivity contribution in [2.45, 2.75) is 44.8 Å². The summed E-state index contributed by atoms with van der Waals surface area (Å²) in [5.41, 5.74) is 1.32. The lowest BCUT2D eigenvalue weighted by atomic mass is 9.98. The van der Waals surface area contributed by atoms with Crippen LogP contribution >= 0.6 is 0 Å². The zero-order chi connectivity index (χ0) is 14.5. The van der Waals surface area contributed by atoms with Gasteiger partial charge in [-0.2, -0.15) is 0 Å². The summed E-state index contributed by atoms with van der Waals surface area (Å²) in [5.74, 6) is -0.239. The molecule has 1 aromatic carbocycles. The summed E-state index contributed by atoms with van der Waals surface area (Å²) in [6, 6.07) is 5.13. The van der Waals surface area contributed by atoms with E-state index in [4.69, 9.17) is 5.11 Å². The van der Waals surface area contributed by atoms with E-state index in [0.717, 1.165) is 31.4 Å². The second-order valence-electron chi connectivity index (χ2n) is 5.68. The van der Waals surface area contributed by atoms with E-state index in [9.17, 15) is 9.50 Å². The molecule has 4 heteroatoms. The lowest BCUT2D eigenvalue weighted by Gasteiger charge is -2.36. The summed E-state index contributed by atoms with van der Waals surface area (Å²) in [6.07, 6.45) is 3.56. The Labute approximate surface area is 120 Å². The minimum Gasteiger partial charge on any atom is -0.396 e. The van der Waals surface area contributed by atoms with Crippen LogP contribution in [0, 0.1) is 12.7 Å². The smallest absolute Gasteiger partial charge is 0.126 e. The van der Waals surface area contributed by atoms with Crippen LogP contribution in [0.1, 0.15) is 42.9 Å². The van der Waals surface area contributed by atoms with Gasteiger partial charge in [0.1, 0.15) is 5.82 Å². The topological polar surface area (TPSA) is 43.7 Å². The molecule has 0 radical (unpaired) electrons. The number of rotatable bonds is 5. The van der Waals surface area contributed by atoms with Gasteiger partial charge < -0.3 is 10.2 Å². The van der Waals surface area contributed by atoms with Gasteiger partial charge in [-0.3, -0.25) is 4.90 Å². The van der Waals surface area contributed by atoms with Gasteiger partial charge in [0.15, 0.2) is 0 Å². The molecule has 0 aromatic heterocycles. The highest BCUT2D eigenvalue weighted by Crippen LogP contribution is 2.24. The van der Waals surface area contributed by atoms with E-state index in [1.54, 1.807) is 19.1 Å². The third-order valence-corrected chi connectivity index (χ3v) is 4.19. The second kappa shape index (κ2) is 7.16. The van der Waals surface area contributed by atoms with Crippen molar-refractivity contribution in [1.82, 2.24) is 4.90 Å². The number of halogens is 1. The van der Waals surface area contributed by atoms with E-state index < -0.39 is 6.10 Å². The van der Waals surface area contributed by atoms with Crippen LogP contribution < -0.4 is 0 Å². The summed E-state index contributed by atoms with van der Waals surface area (Å²) in [6.45, 7) is 3.41. The van der Waals surface area contributed by atoms with Crippen LogP contribution in [0.15, 0.2) is 18.2 Å². The van der Waals surface area contributed by atoms with Gasteiger partial charge in [-0.15, -0.1) is 0 Å². The fourth-order valence-corrected chi connectivity index (χ4v) is 2.98. The van der Waals surface area contributed by atoms with E-state index in [1.165, 1.54) is 12.5 Å². The van der Waals surface area contributed by atoms with Crippen molar-refractivity contribution in [2.75, 3.05) is 19.7 Å². The molecule has 1 aromatic rings. The lowest BCUT2D eigenvalue weighted by molar-refractivity contribution is 0.0564. The van der Waals surface area contributed by atoms with E-state index in [0.29, 0.717) is 18.2 Å². The number of hydrogen-bond acceptors (Lipinski definition) is 3. The molecule has 3 nitrogen and oxygen atoms in total. The maximum absolute atomic E-state index is 13.3. The SMILES string of the molecule is Cc1cc(C(O)CN2CCCCC2CCO)ccc1F. The number of piperidine rings is 1. The van der Waals surface area contributed by atoms with Crippen molar-refractivity contribution in [2.24, 2.45) is 0 Å². The predicted octanol–water partition coefficient (Wildman–Crippen LogP) is 2.40. The Kier molecular flexibility index (Phi) is 5.52. The molecule has 0 spiro atoms. The molecule has 1 saturated heterocycles. The molecule has 0 saturated carbocycles. The molecule has 20 heavy (non-hydrogen) atoms. The molecular weight excluding hydrogens is 257 g/mol. The first-order chi connectivity index (χ1) is 9.61. The molecule has 1 aliphatic rings. The molecule has 1 heterocycles. The maximum atomic E-state index is 13.3. The molecule has 0 bridgehead atoms. The van der Waals surface area contributed by atoms with Gasteiger partial charge in [-0.1, -0.05) is 18.6 Å². The maximum Gasteiger partial charge on any atom is 0.126 e. The van der Waals surface area contributed by atoms with E-state index >= 15 is 0 Å². The Hall–Kier alpha value is -0.970. The summed E-state index contributed by atoms with van der Waals surface area (Å²) in [5, 5.41) is 19.5. The second-order valence-corrected chi connectivity index (χ2v) is 5.68. The van der Waals surface area contributed by atoms with Gasteiger partial charge in [0.05, 0.1) is 6.10 Å². The van der Waals surface area contributed by atoms with Crippen LogP contribution in [-0.4, -0.2) is 40.9 Å². The molecule has 0 aliphatic carbocycles. The average molecular weight is 281 g/mol. The number of aryl methyl sites for hydroxylation is 1. The Morgan fingerprint density at radius 3 is 2.90 bits per heavy atom. The molecule has 0 amide bonds. The highest BCUT2D eigenvalue weighted by molar-refractivity contribution is 5.25. The van der Waals surface area contributed by atoms with Crippen LogP contribution in [0.5, 0.6) is 0 Å². The first-order valence-electron chi connectivity index (χ1n) is 7.41. The number of likely N-dealkylation sites (tertiary alicyclic amines) is 1. The summed E-state index contributed by atoms with van der Waals surface area (Å²) >= 11 is 0. The summed E-state index contributed by atoms with van der Waals surface area (Å²) in [4.78, 5) is 2.25. The number of aliphatic hydroxyl groups excluding tert-OH is 2. The fourth-order valence-electron chi connectivity index (χ4n) is 2.98. The zero-order valence-electron chi connectivity index (χ0n) is 12.1. The molecule has 2 N–H and O–H groups in total. The van der Waals surface area contributed by atoms with Crippen molar-refractivity contribution in [3.63, 3.8) is 0 Å². The molecule has 2 unspecified atom stereocenters. The first kappa shape index (κ1) is 15.4. The van der Waals surface area contributed by atoms with Gasteiger partial charge >= 0.3 is 0 Å². The largest absolute Gasteiger partial charge is 0.396 e. The Balaban J connectivity index is 2.01. The molecule has 1 aliphatic heterocycles. The summed E-state index contributed by atoms with van der Waals surface area (Å²) < 4.78 is 13.3. The molecular formula is C16H24FNO2. The Morgan fingerprint density at radius 1 is 1.40 bits per heavy atom. The molecule has 112 valence electrons. The molecule has 2 rings (SSSR count). The van der Waals surface area contributed by atoms with Crippen molar-refractivity contribution in [3.8, 4) is 0 Å². The fraction of sp³-hybridized carbons (Fsp3) is 0.625. The van der Waals surface area contributed by atoms with Crippen molar-refractivity contribution in [1.29, 1.82) is 0 Å². The number of benzene rings is 1. The lowest BCUT2D eigenvalue weighted by Crippen LogP contribution is -2.42. The Bertz CT molecular complexity index is 436. The first-order valence-corrected chi connectivity index (χ1v) is 7.41. The van der Waals surface area contributed by atoms with Gasteiger partial charge in [0.2, 0.25) is 0 Å². The highest BCUT2D eigenvalue weighted by Gasteiger charge is 2.24. The van der Waals surface area contributed by atoms with E-state index in [2.05, 4.69) is 4.90 Å². The van der Waals surface area contributed by atoms with E-state index in [1.807, 2.05) is 0 Å². The van der Waals surface area contributed by atoms with Crippen LogP contribution in [0.2, 0.25) is 0 Å². The quantitative estimate of drug-likeness (QED) is 0.871. The number of aliphatic hydroxyl groups is 2. The number of nitrogens with zero attached hydrogens (tertiary/aromatic N) is 1. The predicted molar refractivity (Wildman–Crippen MR) is 77.0 cm³/mol. The standard InChI is InChI=1S/C16H24FNO2/c1-12-10-13(5-6-15(12)17)16(20)11-18-8-3-2-4-14(18)7-9-19/h5-6,10,14,16,19-20H,2-4,7-9,11H2,1H3. The van der Waals surface area contributed by atoms with E-state index in [-0.39, 0.29) is 12.4 Å². The minimum absolute atomic E-state index is 0.187. The number of hydrogen-bond donors (Lipinski definition) is 2. The third kappa shape index (κ3) is 3.78. The van der Waals surface area contributed by atoms with Crippen LogP contribution in [0.3, 0.4) is 0 Å². The number of β-amino-alcohol motifs (C(OH)–C–C–N with tert-alkyl or cyclic N) is 1. The average Bonchev–Trinajstić information content (AvgIpc) is 2.44.